The lowest BCUT2D eigenvalue weighted by Gasteiger charge is -2.37. The molecule has 3 aliphatic heterocycles. The van der Waals surface area contributed by atoms with E-state index in [1.807, 2.05) is 64.9 Å². The smallest absolute Gasteiger partial charge is 0.338 e. The minimum atomic E-state index is -0.547. The summed E-state index contributed by atoms with van der Waals surface area (Å²) in [7, 11) is 1.36. The van der Waals surface area contributed by atoms with Gasteiger partial charge in [0.05, 0.1) is 43.4 Å². The van der Waals surface area contributed by atoms with Gasteiger partial charge in [-0.25, -0.2) is 9.79 Å². The number of benzene rings is 2. The second-order valence-corrected chi connectivity index (χ2v) is 11.2. The van der Waals surface area contributed by atoms with E-state index in [0.717, 1.165) is 16.8 Å². The molecule has 9 nitrogen and oxygen atoms in total. The highest BCUT2D eigenvalue weighted by Gasteiger charge is 2.41. The number of hydrogen-bond acceptors (Lipinski definition) is 9. The Labute approximate surface area is 250 Å². The van der Waals surface area contributed by atoms with E-state index in [1.54, 1.807) is 18.7 Å². The van der Waals surface area contributed by atoms with Gasteiger partial charge < -0.3 is 24.0 Å². The highest BCUT2D eigenvalue weighted by atomic mass is 32.2. The zero-order valence-electron chi connectivity index (χ0n) is 24.1. The molecule has 2 aromatic carbocycles. The number of piperidine rings is 1. The van der Waals surface area contributed by atoms with Crippen LogP contribution < -0.4 is 4.74 Å². The van der Waals surface area contributed by atoms with E-state index in [9.17, 15) is 14.4 Å². The largest absolute Gasteiger partial charge is 0.489 e. The summed E-state index contributed by atoms with van der Waals surface area (Å²) in [6.07, 6.45) is 1.31. The Morgan fingerprint density at radius 1 is 1.05 bits per heavy atom. The average molecular weight is 590 g/mol. The molecule has 1 fully saturated rings. The summed E-state index contributed by atoms with van der Waals surface area (Å²) in [4.78, 5) is 47.2. The number of nitrogens with zero attached hydrogens (tertiary/aromatic N) is 3. The quantitative estimate of drug-likeness (QED) is 0.368. The first-order valence-corrected chi connectivity index (χ1v) is 15.0. The van der Waals surface area contributed by atoms with E-state index >= 15 is 0 Å². The number of fused-ring (bicyclic) bond motifs is 1. The molecule has 220 valence electrons. The zero-order chi connectivity index (χ0) is 29.6. The maximum absolute atomic E-state index is 13.5. The van der Waals surface area contributed by atoms with Crippen molar-refractivity contribution < 1.29 is 28.6 Å². The molecule has 42 heavy (non-hydrogen) atoms. The predicted octanol–water partition coefficient (Wildman–Crippen LogP) is 5.21. The number of methoxy groups -OCH3 is 1. The number of allylic oxidation sites excluding steroid dienone is 1. The van der Waals surface area contributed by atoms with Crippen LogP contribution in [0.2, 0.25) is 0 Å². The van der Waals surface area contributed by atoms with E-state index in [4.69, 9.17) is 19.2 Å². The Morgan fingerprint density at radius 2 is 1.81 bits per heavy atom. The van der Waals surface area contributed by atoms with Crippen molar-refractivity contribution in [3.05, 3.63) is 88.1 Å². The molecule has 0 bridgehead atoms. The van der Waals surface area contributed by atoms with Crippen molar-refractivity contribution in [1.82, 2.24) is 9.80 Å². The Hall–Kier alpha value is -4.05. The van der Waals surface area contributed by atoms with Crippen LogP contribution in [0, 0.1) is 5.92 Å². The predicted molar refractivity (Wildman–Crippen MR) is 160 cm³/mol. The van der Waals surface area contributed by atoms with Gasteiger partial charge in [0.1, 0.15) is 12.4 Å². The molecule has 0 radical (unpaired) electrons. The highest BCUT2D eigenvalue weighted by Crippen LogP contribution is 2.45. The molecule has 1 saturated heterocycles. The topological polar surface area (TPSA) is 97.7 Å². The number of aliphatic imine (C=N–C) groups is 1. The molecule has 0 saturated carbocycles. The third-order valence-corrected chi connectivity index (χ3v) is 8.52. The van der Waals surface area contributed by atoms with Crippen LogP contribution in [0.3, 0.4) is 0 Å². The molecule has 3 heterocycles. The highest BCUT2D eigenvalue weighted by molar-refractivity contribution is 8.16. The first-order valence-electron chi connectivity index (χ1n) is 14.1. The maximum atomic E-state index is 13.5. The van der Waals surface area contributed by atoms with E-state index < -0.39 is 12.0 Å². The van der Waals surface area contributed by atoms with Crippen LogP contribution in [0.25, 0.3) is 0 Å². The van der Waals surface area contributed by atoms with Crippen LogP contribution in [-0.2, 0) is 30.5 Å². The molecular formula is C32H35N3O6S. The fraction of sp³-hybridized carbons (Fsp3) is 0.375. The van der Waals surface area contributed by atoms with Gasteiger partial charge in [-0.15, -0.1) is 0 Å². The molecule has 10 heteroatoms. The minimum absolute atomic E-state index is 0.0324. The van der Waals surface area contributed by atoms with Crippen LogP contribution in [-0.4, -0.2) is 59.6 Å². The zero-order valence-corrected chi connectivity index (χ0v) is 24.9. The Balaban J connectivity index is 1.36. The first-order chi connectivity index (χ1) is 20.4. The molecule has 2 aromatic rings. The molecule has 3 aliphatic rings. The number of amidine groups is 1. The lowest BCUT2D eigenvalue weighted by atomic mass is 9.93. The van der Waals surface area contributed by atoms with Crippen molar-refractivity contribution in [1.29, 1.82) is 0 Å². The lowest BCUT2D eigenvalue weighted by Crippen LogP contribution is -2.42. The molecular weight excluding hydrogens is 554 g/mol. The summed E-state index contributed by atoms with van der Waals surface area (Å²) in [5.41, 5.74) is 3.61. The number of rotatable bonds is 9. The van der Waals surface area contributed by atoms with E-state index in [2.05, 4.69) is 0 Å². The van der Waals surface area contributed by atoms with Gasteiger partial charge in [-0.2, -0.15) is 0 Å². The Bertz CT molecular complexity index is 1430. The van der Waals surface area contributed by atoms with E-state index in [0.29, 0.717) is 61.3 Å². The molecule has 0 N–H and O–H groups in total. The minimum Gasteiger partial charge on any atom is -0.489 e. The number of hydrogen-bond donors (Lipinski definition) is 0. The third-order valence-electron chi connectivity index (χ3n) is 7.63. The molecule has 0 aromatic heterocycles. The normalized spacial score (nSPS) is 18.7. The summed E-state index contributed by atoms with van der Waals surface area (Å²) in [6.45, 7) is 5.36. The molecule has 0 aliphatic carbocycles. The number of amides is 1. The standard InChI is InChI=1S/C32H35N3O6S/c1-4-40-30(37)23-13-15-34(16-14-23)27(36)18-25-20-42-32-33-21(2)28(31(38)39-3)29(35(25)32)24-11-8-12-26(17-24)41-19-22-9-6-5-7-10-22/h5-12,17,20,23,29H,4,13-16,18-19H2,1-3H3/t29-/m1/s1. The van der Waals surface area contributed by atoms with Crippen molar-refractivity contribution in [3.8, 4) is 5.75 Å². The van der Waals surface area contributed by atoms with Gasteiger partial charge in [0.15, 0.2) is 5.17 Å². The van der Waals surface area contributed by atoms with E-state index in [-0.39, 0.29) is 24.2 Å². The van der Waals surface area contributed by atoms with Crippen LogP contribution in [0.15, 0.2) is 82.0 Å². The van der Waals surface area contributed by atoms with Crippen LogP contribution >= 0.6 is 11.8 Å². The van der Waals surface area contributed by atoms with Crippen molar-refractivity contribution in [2.45, 2.75) is 45.8 Å². The van der Waals surface area contributed by atoms with Crippen LogP contribution in [0.4, 0.5) is 0 Å². The third kappa shape index (κ3) is 6.38. The van der Waals surface area contributed by atoms with E-state index in [1.165, 1.54) is 18.9 Å². The summed E-state index contributed by atoms with van der Waals surface area (Å²) in [5, 5.41) is 2.63. The van der Waals surface area contributed by atoms with Crippen molar-refractivity contribution in [2.75, 3.05) is 26.8 Å². The van der Waals surface area contributed by atoms with Crippen molar-refractivity contribution in [2.24, 2.45) is 10.9 Å². The number of ether oxygens (including phenoxy) is 3. The number of esters is 2. The summed E-state index contributed by atoms with van der Waals surface area (Å²) >= 11 is 1.43. The summed E-state index contributed by atoms with van der Waals surface area (Å²) in [5.74, 6) is -0.203. The molecule has 0 unspecified atom stereocenters. The number of carbonyl (C=O) groups excluding carboxylic acids is 3. The molecule has 1 amide bonds. The Kier molecular flexibility index (Phi) is 9.31. The molecule has 0 spiro atoms. The Morgan fingerprint density at radius 3 is 2.52 bits per heavy atom. The van der Waals surface area contributed by atoms with Gasteiger partial charge in [0.2, 0.25) is 5.91 Å². The first kappa shape index (κ1) is 29.4. The van der Waals surface area contributed by atoms with Gasteiger partial charge in [-0.3, -0.25) is 9.59 Å². The summed E-state index contributed by atoms with van der Waals surface area (Å²) < 4.78 is 16.5. The SMILES string of the molecule is CCOC(=O)C1CCN(C(=O)CC2=CSC3=NC(C)=C(C(=O)OC)[C@@H](c4cccc(OCc5ccccc5)c4)N23)CC1. The summed E-state index contributed by atoms with van der Waals surface area (Å²) in [6, 6.07) is 17.0. The van der Waals surface area contributed by atoms with Gasteiger partial charge in [0.25, 0.3) is 0 Å². The number of likely N-dealkylation sites (tertiary alicyclic amines) is 1. The van der Waals surface area contributed by atoms with Crippen LogP contribution in [0.1, 0.15) is 50.3 Å². The molecule has 1 atom stereocenters. The van der Waals surface area contributed by atoms with Gasteiger partial charge in [-0.1, -0.05) is 54.2 Å². The molecule has 5 rings (SSSR count). The second kappa shape index (κ2) is 13.3. The van der Waals surface area contributed by atoms with Gasteiger partial charge in [-0.05, 0) is 55.4 Å². The monoisotopic (exact) mass is 589 g/mol. The fourth-order valence-electron chi connectivity index (χ4n) is 5.46. The maximum Gasteiger partial charge on any atom is 0.338 e. The average Bonchev–Trinajstić information content (AvgIpc) is 3.41. The number of thioether (sulfide) groups is 1. The lowest BCUT2D eigenvalue weighted by molar-refractivity contribution is -0.151. The number of carbonyl (C=O) groups is 3. The van der Waals surface area contributed by atoms with Crippen LogP contribution in [0.5, 0.6) is 5.75 Å². The van der Waals surface area contributed by atoms with Crippen molar-refractivity contribution in [3.63, 3.8) is 0 Å². The fourth-order valence-corrected chi connectivity index (χ4v) is 6.43. The van der Waals surface area contributed by atoms with Gasteiger partial charge in [0, 0.05) is 18.8 Å². The second-order valence-electron chi connectivity index (χ2n) is 10.3. The van der Waals surface area contributed by atoms with Gasteiger partial charge >= 0.3 is 11.9 Å². The van der Waals surface area contributed by atoms with Crippen molar-refractivity contribution >= 4 is 34.8 Å².